The number of aryl methyl sites for hydroxylation is 3. The molecule has 192 valence electrons. The molecule has 0 bridgehead atoms. The number of amides is 2. The molecule has 0 saturated heterocycles. The highest BCUT2D eigenvalue weighted by atomic mass is 32.2. The molecule has 1 heterocycles. The number of benzene rings is 2. The van der Waals surface area contributed by atoms with Crippen molar-refractivity contribution in [2.75, 3.05) is 18.2 Å². The molecule has 0 aliphatic heterocycles. The highest BCUT2D eigenvalue weighted by Crippen LogP contribution is 2.27. The van der Waals surface area contributed by atoms with E-state index in [1.807, 2.05) is 46.1 Å². The molecular formula is C27H35N5O3S. The number of hydrogen-bond donors (Lipinski definition) is 2. The Morgan fingerprint density at radius 3 is 2.25 bits per heavy atom. The number of carbonyl (C=O) groups is 2. The summed E-state index contributed by atoms with van der Waals surface area (Å²) in [6.07, 6.45) is 0. The summed E-state index contributed by atoms with van der Waals surface area (Å²) in [7, 11) is 1.59. The quantitative estimate of drug-likeness (QED) is 0.370. The first-order chi connectivity index (χ1) is 17.1. The van der Waals surface area contributed by atoms with E-state index in [1.165, 1.54) is 17.3 Å². The fourth-order valence-corrected chi connectivity index (χ4v) is 4.92. The second-order valence-corrected chi connectivity index (χ2v) is 10.1. The SMILES string of the molecule is CCn1c(SCC(=O)Nc2c(C)cc(C)cc2C)nnc1[C@@H](NC(=O)c1ccc(OC)cc1)C(C)C. The molecule has 9 heteroatoms. The maximum Gasteiger partial charge on any atom is 0.251 e. The van der Waals surface area contributed by atoms with Gasteiger partial charge in [0.2, 0.25) is 5.91 Å². The number of carbonyl (C=O) groups excluding carboxylic acids is 2. The monoisotopic (exact) mass is 509 g/mol. The van der Waals surface area contributed by atoms with Gasteiger partial charge in [-0.2, -0.15) is 0 Å². The fourth-order valence-electron chi connectivity index (χ4n) is 4.11. The van der Waals surface area contributed by atoms with Crippen molar-refractivity contribution in [1.82, 2.24) is 20.1 Å². The van der Waals surface area contributed by atoms with E-state index in [4.69, 9.17) is 4.74 Å². The number of nitrogens with one attached hydrogen (secondary N) is 2. The van der Waals surface area contributed by atoms with Crippen LogP contribution in [-0.4, -0.2) is 39.4 Å². The number of methoxy groups -OCH3 is 1. The van der Waals surface area contributed by atoms with E-state index in [9.17, 15) is 9.59 Å². The molecular weight excluding hydrogens is 474 g/mol. The lowest BCUT2D eigenvalue weighted by molar-refractivity contribution is -0.113. The van der Waals surface area contributed by atoms with Crippen LogP contribution in [0, 0.1) is 26.7 Å². The molecule has 1 aromatic heterocycles. The lowest BCUT2D eigenvalue weighted by Gasteiger charge is -2.22. The Morgan fingerprint density at radius 2 is 1.69 bits per heavy atom. The third-order valence-electron chi connectivity index (χ3n) is 5.92. The van der Waals surface area contributed by atoms with Gasteiger partial charge in [-0.1, -0.05) is 43.3 Å². The lowest BCUT2D eigenvalue weighted by atomic mass is 10.0. The number of hydrogen-bond acceptors (Lipinski definition) is 6. The highest BCUT2D eigenvalue weighted by Gasteiger charge is 2.26. The van der Waals surface area contributed by atoms with Crippen LogP contribution in [0.1, 0.15) is 59.7 Å². The summed E-state index contributed by atoms with van der Waals surface area (Å²) in [5, 5.41) is 15.5. The molecule has 0 saturated carbocycles. The number of anilines is 1. The summed E-state index contributed by atoms with van der Waals surface area (Å²) in [6.45, 7) is 12.7. The van der Waals surface area contributed by atoms with Crippen LogP contribution < -0.4 is 15.4 Å². The first-order valence-electron chi connectivity index (χ1n) is 12.0. The minimum Gasteiger partial charge on any atom is -0.497 e. The van der Waals surface area contributed by atoms with Gasteiger partial charge in [0, 0.05) is 17.8 Å². The predicted octanol–water partition coefficient (Wildman–Crippen LogP) is 5.09. The summed E-state index contributed by atoms with van der Waals surface area (Å²) in [5.74, 6) is 1.35. The molecule has 0 aliphatic rings. The number of ether oxygens (including phenoxy) is 1. The first-order valence-corrected chi connectivity index (χ1v) is 13.0. The molecule has 0 spiro atoms. The van der Waals surface area contributed by atoms with Gasteiger partial charge in [-0.3, -0.25) is 9.59 Å². The average molecular weight is 510 g/mol. The zero-order chi connectivity index (χ0) is 26.4. The second kappa shape index (κ2) is 12.1. The van der Waals surface area contributed by atoms with Gasteiger partial charge < -0.3 is 19.9 Å². The molecule has 0 aliphatic carbocycles. The van der Waals surface area contributed by atoms with E-state index >= 15 is 0 Å². The topological polar surface area (TPSA) is 98.1 Å². The summed E-state index contributed by atoms with van der Waals surface area (Å²) >= 11 is 1.33. The molecule has 0 radical (unpaired) electrons. The van der Waals surface area contributed by atoms with Crippen molar-refractivity contribution >= 4 is 29.3 Å². The Kier molecular flexibility index (Phi) is 9.14. The van der Waals surface area contributed by atoms with Crippen LogP contribution >= 0.6 is 11.8 Å². The van der Waals surface area contributed by atoms with Gasteiger partial charge in [0.25, 0.3) is 5.91 Å². The Hall–Kier alpha value is -3.33. The number of thioether (sulfide) groups is 1. The van der Waals surface area contributed by atoms with Gasteiger partial charge in [0.1, 0.15) is 5.75 Å². The van der Waals surface area contributed by atoms with Crippen molar-refractivity contribution < 1.29 is 14.3 Å². The summed E-state index contributed by atoms with van der Waals surface area (Å²) < 4.78 is 7.13. The third kappa shape index (κ3) is 6.46. The largest absolute Gasteiger partial charge is 0.497 e. The number of rotatable bonds is 10. The van der Waals surface area contributed by atoms with E-state index in [0.717, 1.165) is 16.8 Å². The maximum atomic E-state index is 12.9. The summed E-state index contributed by atoms with van der Waals surface area (Å²) in [6, 6.07) is 10.7. The van der Waals surface area contributed by atoms with Gasteiger partial charge >= 0.3 is 0 Å². The Balaban J connectivity index is 1.72. The van der Waals surface area contributed by atoms with Gasteiger partial charge in [-0.25, -0.2) is 0 Å². The Labute approximate surface area is 217 Å². The standard InChI is InChI=1S/C27H35N5O3S/c1-8-32-25(23(16(2)3)29-26(34)20-9-11-21(35-7)12-10-20)30-31-27(32)36-15-22(33)28-24-18(5)13-17(4)14-19(24)6/h9-14,16,23H,8,15H2,1-7H3,(H,28,33)(H,29,34)/t23-/m0/s1. The zero-order valence-corrected chi connectivity index (χ0v) is 22.8. The predicted molar refractivity (Wildman–Crippen MR) is 144 cm³/mol. The molecule has 2 N–H and O–H groups in total. The summed E-state index contributed by atoms with van der Waals surface area (Å²) in [4.78, 5) is 25.7. The van der Waals surface area contributed by atoms with Crippen molar-refractivity contribution in [2.24, 2.45) is 5.92 Å². The normalized spacial score (nSPS) is 11.9. The van der Waals surface area contributed by atoms with Crippen molar-refractivity contribution in [3.63, 3.8) is 0 Å². The van der Waals surface area contributed by atoms with Crippen molar-refractivity contribution in [3.05, 3.63) is 64.5 Å². The molecule has 1 atom stereocenters. The van der Waals surface area contributed by atoms with E-state index in [0.29, 0.717) is 28.8 Å². The van der Waals surface area contributed by atoms with E-state index in [-0.39, 0.29) is 29.5 Å². The van der Waals surface area contributed by atoms with Crippen molar-refractivity contribution in [3.8, 4) is 5.75 Å². The molecule has 0 unspecified atom stereocenters. The lowest BCUT2D eigenvalue weighted by Crippen LogP contribution is -2.33. The Bertz CT molecular complexity index is 1200. The van der Waals surface area contributed by atoms with Crippen LogP contribution in [0.4, 0.5) is 5.69 Å². The van der Waals surface area contributed by atoms with Crippen LogP contribution in [0.2, 0.25) is 0 Å². The number of nitrogens with zero attached hydrogens (tertiary/aromatic N) is 3. The van der Waals surface area contributed by atoms with E-state index in [2.05, 4.69) is 33.0 Å². The van der Waals surface area contributed by atoms with Gasteiger partial charge in [0.05, 0.1) is 18.9 Å². The number of aromatic nitrogens is 3. The maximum absolute atomic E-state index is 12.9. The van der Waals surface area contributed by atoms with E-state index in [1.54, 1.807) is 31.4 Å². The smallest absolute Gasteiger partial charge is 0.251 e. The molecule has 0 fully saturated rings. The van der Waals surface area contributed by atoms with Crippen molar-refractivity contribution in [1.29, 1.82) is 0 Å². The molecule has 2 amide bonds. The van der Waals surface area contributed by atoms with Crippen LogP contribution in [0.3, 0.4) is 0 Å². The second-order valence-electron chi connectivity index (χ2n) is 9.12. The van der Waals surface area contributed by atoms with Gasteiger partial charge in [-0.05, 0) is 69.0 Å². The minimum absolute atomic E-state index is 0.0790. The van der Waals surface area contributed by atoms with Gasteiger partial charge in [0.15, 0.2) is 11.0 Å². The minimum atomic E-state index is -0.340. The Morgan fingerprint density at radius 1 is 1.06 bits per heavy atom. The van der Waals surface area contributed by atoms with Crippen LogP contribution in [0.15, 0.2) is 41.6 Å². The highest BCUT2D eigenvalue weighted by molar-refractivity contribution is 7.99. The van der Waals surface area contributed by atoms with Crippen LogP contribution in [-0.2, 0) is 11.3 Å². The third-order valence-corrected chi connectivity index (χ3v) is 6.89. The fraction of sp³-hybridized carbons (Fsp3) is 0.407. The molecule has 3 rings (SSSR count). The average Bonchev–Trinajstić information content (AvgIpc) is 3.25. The molecule has 36 heavy (non-hydrogen) atoms. The van der Waals surface area contributed by atoms with Crippen LogP contribution in [0.5, 0.6) is 5.75 Å². The molecule has 8 nitrogen and oxygen atoms in total. The molecule has 3 aromatic rings. The zero-order valence-electron chi connectivity index (χ0n) is 22.0. The van der Waals surface area contributed by atoms with Crippen molar-refractivity contribution in [2.45, 2.75) is 59.3 Å². The summed E-state index contributed by atoms with van der Waals surface area (Å²) in [5.41, 5.74) is 4.64. The first kappa shape index (κ1) is 27.3. The van der Waals surface area contributed by atoms with Crippen LogP contribution in [0.25, 0.3) is 0 Å². The van der Waals surface area contributed by atoms with Gasteiger partial charge in [-0.15, -0.1) is 10.2 Å². The molecule has 2 aromatic carbocycles. The van der Waals surface area contributed by atoms with E-state index < -0.39 is 0 Å².